The molecule has 1 aliphatic carbocycles. The Balaban J connectivity index is 1.31. The number of benzene rings is 1. The molecule has 3 aliphatic rings. The van der Waals surface area contributed by atoms with Crippen molar-refractivity contribution in [3.63, 3.8) is 0 Å². The van der Waals surface area contributed by atoms with Crippen LogP contribution in [-0.2, 0) is 16.0 Å². The zero-order chi connectivity index (χ0) is 17.4. The van der Waals surface area contributed by atoms with E-state index in [4.69, 9.17) is 0 Å². The molecule has 1 aromatic rings. The maximum atomic E-state index is 12.6. The first-order valence-electron chi connectivity index (χ1n) is 9.64. The van der Waals surface area contributed by atoms with Crippen molar-refractivity contribution in [3.05, 3.63) is 35.4 Å². The zero-order valence-electron chi connectivity index (χ0n) is 15.2. The lowest BCUT2D eigenvalue weighted by Crippen LogP contribution is -2.44. The van der Waals surface area contributed by atoms with Gasteiger partial charge in [-0.1, -0.05) is 29.8 Å². The number of likely N-dealkylation sites (tertiary alicyclic amines) is 2. The third-order valence-corrected chi connectivity index (χ3v) is 6.23. The van der Waals surface area contributed by atoms with E-state index in [2.05, 4.69) is 24.0 Å². The second-order valence-electron chi connectivity index (χ2n) is 8.44. The van der Waals surface area contributed by atoms with Crippen LogP contribution in [0, 0.1) is 18.3 Å². The third kappa shape index (κ3) is 3.73. The smallest absolute Gasteiger partial charge is 0.226 e. The normalized spacial score (nSPS) is 22.7. The molecule has 1 saturated carbocycles. The van der Waals surface area contributed by atoms with E-state index in [1.54, 1.807) is 0 Å². The Morgan fingerprint density at radius 2 is 1.84 bits per heavy atom. The number of hydrogen-bond acceptors (Lipinski definition) is 2. The molecule has 0 aromatic heterocycles. The second-order valence-corrected chi connectivity index (χ2v) is 8.44. The maximum Gasteiger partial charge on any atom is 0.226 e. The maximum absolute atomic E-state index is 12.6. The summed E-state index contributed by atoms with van der Waals surface area (Å²) in [6, 6.07) is 8.22. The van der Waals surface area contributed by atoms with E-state index in [1.807, 2.05) is 17.0 Å². The summed E-state index contributed by atoms with van der Waals surface area (Å²) in [5, 5.41) is 0. The van der Waals surface area contributed by atoms with E-state index < -0.39 is 0 Å². The van der Waals surface area contributed by atoms with E-state index in [-0.39, 0.29) is 11.3 Å². The van der Waals surface area contributed by atoms with Crippen molar-refractivity contribution in [2.75, 3.05) is 26.2 Å². The van der Waals surface area contributed by atoms with E-state index in [0.29, 0.717) is 18.7 Å². The first kappa shape index (κ1) is 16.6. The predicted molar refractivity (Wildman–Crippen MR) is 97.1 cm³/mol. The Bertz CT molecular complexity index is 655. The number of carbonyl (C=O) groups excluding carboxylic acids is 2. The summed E-state index contributed by atoms with van der Waals surface area (Å²) in [4.78, 5) is 29.0. The summed E-state index contributed by atoms with van der Waals surface area (Å²) >= 11 is 0. The molecule has 2 saturated heterocycles. The van der Waals surface area contributed by atoms with Gasteiger partial charge in [-0.05, 0) is 44.1 Å². The van der Waals surface area contributed by atoms with Crippen molar-refractivity contribution in [2.45, 2.75) is 45.4 Å². The molecule has 0 atom stereocenters. The van der Waals surface area contributed by atoms with E-state index in [9.17, 15) is 9.59 Å². The van der Waals surface area contributed by atoms with E-state index >= 15 is 0 Å². The Hall–Kier alpha value is -1.84. The van der Waals surface area contributed by atoms with Gasteiger partial charge in [0.25, 0.3) is 0 Å². The molecule has 2 aliphatic heterocycles. The van der Waals surface area contributed by atoms with Gasteiger partial charge in [-0.2, -0.15) is 0 Å². The number of amides is 2. The van der Waals surface area contributed by atoms with Crippen molar-refractivity contribution in [1.82, 2.24) is 9.80 Å². The molecule has 0 N–H and O–H groups in total. The molecule has 3 fully saturated rings. The lowest BCUT2D eigenvalue weighted by Gasteiger charge is -2.39. The molecule has 0 radical (unpaired) electrons. The number of nitrogens with zero attached hydrogens (tertiary/aromatic N) is 2. The first-order valence-corrected chi connectivity index (χ1v) is 9.64. The van der Waals surface area contributed by atoms with Crippen molar-refractivity contribution < 1.29 is 9.59 Å². The molecule has 2 heterocycles. The van der Waals surface area contributed by atoms with Gasteiger partial charge in [0.05, 0.1) is 6.42 Å². The zero-order valence-corrected chi connectivity index (χ0v) is 15.2. The summed E-state index contributed by atoms with van der Waals surface area (Å²) in [6.07, 6.45) is 5.70. The monoisotopic (exact) mass is 340 g/mol. The van der Waals surface area contributed by atoms with Gasteiger partial charge in [0.1, 0.15) is 0 Å². The fourth-order valence-corrected chi connectivity index (χ4v) is 4.32. The molecular weight excluding hydrogens is 312 g/mol. The molecule has 1 aromatic carbocycles. The van der Waals surface area contributed by atoms with Crippen LogP contribution in [0.15, 0.2) is 24.3 Å². The van der Waals surface area contributed by atoms with E-state index in [1.165, 1.54) is 18.4 Å². The molecule has 1 spiro atoms. The van der Waals surface area contributed by atoms with Gasteiger partial charge in [0.2, 0.25) is 11.8 Å². The van der Waals surface area contributed by atoms with Crippen molar-refractivity contribution in [1.29, 1.82) is 0 Å². The predicted octanol–water partition coefficient (Wildman–Crippen LogP) is 2.79. The molecule has 0 bridgehead atoms. The molecular formula is C21H28N2O2. The van der Waals surface area contributed by atoms with Crippen LogP contribution in [0.2, 0.25) is 0 Å². The third-order valence-electron chi connectivity index (χ3n) is 6.23. The fourth-order valence-electron chi connectivity index (χ4n) is 4.32. The standard InChI is InChI=1S/C21H28N2O2/c1-16-2-4-17(5-3-16)12-19(24)22-10-8-21(9-11-22)13-20(25)23(15-21)14-18-6-7-18/h2-5,18H,6-15H2,1H3. The molecule has 4 heteroatoms. The lowest BCUT2D eigenvalue weighted by molar-refractivity contribution is -0.132. The minimum Gasteiger partial charge on any atom is -0.342 e. The Labute approximate surface area is 150 Å². The summed E-state index contributed by atoms with van der Waals surface area (Å²) < 4.78 is 0. The van der Waals surface area contributed by atoms with Crippen molar-refractivity contribution >= 4 is 11.8 Å². The lowest BCUT2D eigenvalue weighted by atomic mass is 9.77. The minimum absolute atomic E-state index is 0.132. The Kier molecular flexibility index (Phi) is 4.30. The summed E-state index contributed by atoms with van der Waals surface area (Å²) in [6.45, 7) is 5.55. The highest BCUT2D eigenvalue weighted by Crippen LogP contribution is 2.42. The van der Waals surface area contributed by atoms with Crippen LogP contribution in [-0.4, -0.2) is 47.8 Å². The summed E-state index contributed by atoms with van der Waals surface area (Å²) in [5.74, 6) is 1.32. The van der Waals surface area contributed by atoms with Crippen LogP contribution in [0.5, 0.6) is 0 Å². The highest BCUT2D eigenvalue weighted by Gasteiger charge is 2.46. The Morgan fingerprint density at radius 3 is 2.48 bits per heavy atom. The van der Waals surface area contributed by atoms with Crippen LogP contribution in [0.25, 0.3) is 0 Å². The molecule has 4 nitrogen and oxygen atoms in total. The largest absolute Gasteiger partial charge is 0.342 e. The SMILES string of the molecule is Cc1ccc(CC(=O)N2CCC3(CC2)CC(=O)N(CC2CC2)C3)cc1. The van der Waals surface area contributed by atoms with Gasteiger partial charge >= 0.3 is 0 Å². The summed E-state index contributed by atoms with van der Waals surface area (Å²) in [7, 11) is 0. The van der Waals surface area contributed by atoms with E-state index in [0.717, 1.165) is 50.5 Å². The number of aryl methyl sites for hydroxylation is 1. The number of rotatable bonds is 4. The average molecular weight is 340 g/mol. The second kappa shape index (κ2) is 6.47. The first-order chi connectivity index (χ1) is 12.0. The number of carbonyl (C=O) groups is 2. The fraction of sp³-hybridized carbons (Fsp3) is 0.619. The van der Waals surface area contributed by atoms with Crippen LogP contribution in [0.4, 0.5) is 0 Å². The topological polar surface area (TPSA) is 40.6 Å². The molecule has 2 amide bonds. The van der Waals surface area contributed by atoms with Gasteiger partial charge in [0.15, 0.2) is 0 Å². The van der Waals surface area contributed by atoms with Gasteiger partial charge in [0, 0.05) is 38.0 Å². The molecule has 0 unspecified atom stereocenters. The summed E-state index contributed by atoms with van der Waals surface area (Å²) in [5.41, 5.74) is 2.44. The molecule has 25 heavy (non-hydrogen) atoms. The quantitative estimate of drug-likeness (QED) is 0.846. The van der Waals surface area contributed by atoms with Crippen molar-refractivity contribution in [2.24, 2.45) is 11.3 Å². The average Bonchev–Trinajstić information content (AvgIpc) is 3.35. The molecule has 134 valence electrons. The van der Waals surface area contributed by atoms with Gasteiger partial charge in [-0.3, -0.25) is 9.59 Å². The Morgan fingerprint density at radius 1 is 1.16 bits per heavy atom. The van der Waals surface area contributed by atoms with Crippen LogP contribution < -0.4 is 0 Å². The van der Waals surface area contributed by atoms with Crippen LogP contribution >= 0.6 is 0 Å². The van der Waals surface area contributed by atoms with Gasteiger partial charge in [-0.25, -0.2) is 0 Å². The number of piperidine rings is 1. The van der Waals surface area contributed by atoms with Crippen LogP contribution in [0.1, 0.15) is 43.2 Å². The van der Waals surface area contributed by atoms with Gasteiger partial charge in [-0.15, -0.1) is 0 Å². The number of hydrogen-bond donors (Lipinski definition) is 0. The highest BCUT2D eigenvalue weighted by atomic mass is 16.2. The molecule has 4 rings (SSSR count). The minimum atomic E-state index is 0.132. The van der Waals surface area contributed by atoms with Gasteiger partial charge < -0.3 is 9.80 Å². The highest BCUT2D eigenvalue weighted by molar-refractivity contribution is 5.80. The van der Waals surface area contributed by atoms with Crippen molar-refractivity contribution in [3.8, 4) is 0 Å². The van der Waals surface area contributed by atoms with Crippen LogP contribution in [0.3, 0.4) is 0 Å².